The van der Waals surface area contributed by atoms with Crippen LogP contribution in [0.3, 0.4) is 0 Å². The maximum absolute atomic E-state index is 11.7. The largest absolute Gasteiger partial charge is 0.484 e. The van der Waals surface area contributed by atoms with Gasteiger partial charge in [-0.15, -0.1) is 11.3 Å². The first-order chi connectivity index (χ1) is 9.54. The number of amides is 1. The number of hydrogen-bond donors (Lipinski definition) is 1. The molecule has 0 saturated carbocycles. The number of rotatable bonds is 5. The third-order valence-corrected chi connectivity index (χ3v) is 3.88. The first kappa shape index (κ1) is 14.5. The highest BCUT2D eigenvalue weighted by atomic mass is 32.1. The van der Waals surface area contributed by atoms with Gasteiger partial charge in [0.1, 0.15) is 5.75 Å². The number of nitrogens with zero attached hydrogens (tertiary/aromatic N) is 1. The quantitative estimate of drug-likeness (QED) is 0.921. The summed E-state index contributed by atoms with van der Waals surface area (Å²) in [5, 5.41) is 3.86. The summed E-state index contributed by atoms with van der Waals surface area (Å²) >= 11 is 1.61. The van der Waals surface area contributed by atoms with Crippen molar-refractivity contribution >= 4 is 17.2 Å². The predicted molar refractivity (Wildman–Crippen MR) is 80.1 cm³/mol. The van der Waals surface area contributed by atoms with E-state index in [1.807, 2.05) is 45.0 Å². The van der Waals surface area contributed by atoms with Crippen LogP contribution in [0.5, 0.6) is 5.75 Å². The zero-order valence-corrected chi connectivity index (χ0v) is 12.7. The topological polar surface area (TPSA) is 51.2 Å². The minimum absolute atomic E-state index is 0.0281. The second-order valence-electron chi connectivity index (χ2n) is 4.62. The number of nitrogens with one attached hydrogen (secondary N) is 1. The molecule has 1 heterocycles. The summed E-state index contributed by atoms with van der Waals surface area (Å²) in [6.45, 7) is 6.44. The van der Waals surface area contributed by atoms with Gasteiger partial charge in [-0.3, -0.25) is 4.79 Å². The number of ether oxygens (including phenoxy) is 1. The van der Waals surface area contributed by atoms with Crippen LogP contribution in [0, 0.1) is 20.8 Å². The van der Waals surface area contributed by atoms with E-state index < -0.39 is 0 Å². The van der Waals surface area contributed by atoms with Crippen molar-refractivity contribution in [2.45, 2.75) is 27.3 Å². The zero-order valence-electron chi connectivity index (χ0n) is 11.9. The number of benzene rings is 1. The fourth-order valence-electron chi connectivity index (χ4n) is 1.82. The summed E-state index contributed by atoms with van der Waals surface area (Å²) in [4.78, 5) is 17.2. The third kappa shape index (κ3) is 4.06. The molecule has 0 saturated heterocycles. The first-order valence-electron chi connectivity index (χ1n) is 6.43. The Morgan fingerprint density at radius 1 is 1.35 bits per heavy atom. The lowest BCUT2D eigenvalue weighted by molar-refractivity contribution is -0.123. The molecule has 1 aromatic heterocycles. The number of aromatic nitrogens is 1. The van der Waals surface area contributed by atoms with Gasteiger partial charge in [0.25, 0.3) is 5.91 Å². The van der Waals surface area contributed by atoms with E-state index in [0.717, 1.165) is 21.1 Å². The van der Waals surface area contributed by atoms with E-state index in [-0.39, 0.29) is 12.5 Å². The van der Waals surface area contributed by atoms with Gasteiger partial charge >= 0.3 is 0 Å². The molecule has 1 aromatic carbocycles. The van der Waals surface area contributed by atoms with E-state index in [1.165, 1.54) is 0 Å². The van der Waals surface area contributed by atoms with Crippen molar-refractivity contribution in [1.29, 1.82) is 0 Å². The number of thiazole rings is 1. The van der Waals surface area contributed by atoms with Crippen molar-refractivity contribution in [2.24, 2.45) is 0 Å². The number of carbonyl (C=O) groups is 1. The van der Waals surface area contributed by atoms with Crippen LogP contribution in [0.25, 0.3) is 0 Å². The highest BCUT2D eigenvalue weighted by Crippen LogP contribution is 2.16. The van der Waals surface area contributed by atoms with Crippen LogP contribution in [0.15, 0.2) is 24.3 Å². The average molecular weight is 290 g/mol. The zero-order chi connectivity index (χ0) is 14.5. The van der Waals surface area contributed by atoms with Crippen molar-refractivity contribution in [2.75, 3.05) is 6.61 Å². The minimum atomic E-state index is -0.128. The summed E-state index contributed by atoms with van der Waals surface area (Å²) < 4.78 is 5.45. The van der Waals surface area contributed by atoms with E-state index >= 15 is 0 Å². The van der Waals surface area contributed by atoms with Gasteiger partial charge in [-0.1, -0.05) is 12.1 Å². The van der Waals surface area contributed by atoms with Crippen LogP contribution in [0.4, 0.5) is 0 Å². The normalized spacial score (nSPS) is 10.3. The SMILES string of the molecule is Cc1cccc(OCC(=O)NCc2sc(C)nc2C)c1. The molecule has 2 aromatic rings. The Labute approximate surface area is 122 Å². The molecular formula is C15H18N2O2S. The molecule has 20 heavy (non-hydrogen) atoms. The van der Waals surface area contributed by atoms with E-state index in [1.54, 1.807) is 11.3 Å². The highest BCUT2D eigenvalue weighted by molar-refractivity contribution is 7.11. The van der Waals surface area contributed by atoms with Crippen molar-refractivity contribution in [3.63, 3.8) is 0 Å². The standard InChI is InChI=1S/C15H18N2O2S/c1-10-5-4-6-13(7-10)19-9-15(18)16-8-14-11(2)17-12(3)20-14/h4-7H,8-9H2,1-3H3,(H,16,18). The van der Waals surface area contributed by atoms with Crippen LogP contribution < -0.4 is 10.1 Å². The van der Waals surface area contributed by atoms with Crippen LogP contribution in [-0.4, -0.2) is 17.5 Å². The molecule has 0 bridgehead atoms. The Hall–Kier alpha value is -1.88. The molecule has 2 rings (SSSR count). The van der Waals surface area contributed by atoms with Crippen LogP contribution >= 0.6 is 11.3 Å². The summed E-state index contributed by atoms with van der Waals surface area (Å²) in [6.07, 6.45) is 0. The van der Waals surface area contributed by atoms with Crippen molar-refractivity contribution in [3.8, 4) is 5.75 Å². The lowest BCUT2D eigenvalue weighted by Gasteiger charge is -2.07. The Kier molecular flexibility index (Phi) is 4.74. The average Bonchev–Trinajstić information content (AvgIpc) is 2.72. The Bertz CT molecular complexity index is 608. The molecular weight excluding hydrogens is 272 g/mol. The van der Waals surface area contributed by atoms with Gasteiger partial charge < -0.3 is 10.1 Å². The van der Waals surface area contributed by atoms with Crippen molar-refractivity contribution in [1.82, 2.24) is 10.3 Å². The van der Waals surface area contributed by atoms with Gasteiger partial charge in [0.05, 0.1) is 17.2 Å². The summed E-state index contributed by atoms with van der Waals surface area (Å²) in [7, 11) is 0. The van der Waals surface area contributed by atoms with E-state index in [4.69, 9.17) is 4.74 Å². The van der Waals surface area contributed by atoms with E-state index in [2.05, 4.69) is 10.3 Å². The Morgan fingerprint density at radius 3 is 2.80 bits per heavy atom. The van der Waals surface area contributed by atoms with Gasteiger partial charge in [0.15, 0.2) is 6.61 Å². The number of carbonyl (C=O) groups excluding carboxylic acids is 1. The van der Waals surface area contributed by atoms with Crippen LogP contribution in [-0.2, 0) is 11.3 Å². The Balaban J connectivity index is 1.80. The molecule has 106 valence electrons. The lowest BCUT2D eigenvalue weighted by Crippen LogP contribution is -2.28. The van der Waals surface area contributed by atoms with Gasteiger partial charge in [0, 0.05) is 4.88 Å². The van der Waals surface area contributed by atoms with Gasteiger partial charge in [0.2, 0.25) is 0 Å². The van der Waals surface area contributed by atoms with Gasteiger partial charge in [-0.05, 0) is 38.5 Å². The molecule has 5 heteroatoms. The molecule has 1 N–H and O–H groups in total. The summed E-state index contributed by atoms with van der Waals surface area (Å²) in [5.41, 5.74) is 2.09. The molecule has 4 nitrogen and oxygen atoms in total. The second kappa shape index (κ2) is 6.52. The van der Waals surface area contributed by atoms with Gasteiger partial charge in [-0.2, -0.15) is 0 Å². The molecule has 0 fully saturated rings. The molecule has 0 aliphatic rings. The van der Waals surface area contributed by atoms with Crippen LogP contribution in [0.1, 0.15) is 21.1 Å². The predicted octanol–water partition coefficient (Wildman–Crippen LogP) is 2.76. The maximum atomic E-state index is 11.7. The monoisotopic (exact) mass is 290 g/mol. The number of hydrogen-bond acceptors (Lipinski definition) is 4. The summed E-state index contributed by atoms with van der Waals surface area (Å²) in [5.74, 6) is 0.585. The van der Waals surface area contributed by atoms with E-state index in [0.29, 0.717) is 12.3 Å². The van der Waals surface area contributed by atoms with Crippen LogP contribution in [0.2, 0.25) is 0 Å². The molecule has 0 atom stereocenters. The second-order valence-corrected chi connectivity index (χ2v) is 5.91. The van der Waals surface area contributed by atoms with E-state index in [9.17, 15) is 4.79 Å². The lowest BCUT2D eigenvalue weighted by atomic mass is 10.2. The molecule has 1 amide bonds. The van der Waals surface area contributed by atoms with Gasteiger partial charge in [-0.25, -0.2) is 4.98 Å². The summed E-state index contributed by atoms with van der Waals surface area (Å²) in [6, 6.07) is 7.65. The maximum Gasteiger partial charge on any atom is 0.258 e. The number of aryl methyl sites for hydroxylation is 3. The molecule has 0 aliphatic carbocycles. The Morgan fingerprint density at radius 2 is 2.15 bits per heavy atom. The van der Waals surface area contributed by atoms with Crippen molar-refractivity contribution in [3.05, 3.63) is 45.4 Å². The first-order valence-corrected chi connectivity index (χ1v) is 7.25. The molecule has 0 unspecified atom stereocenters. The highest BCUT2D eigenvalue weighted by Gasteiger charge is 2.07. The minimum Gasteiger partial charge on any atom is -0.484 e. The molecule has 0 aliphatic heterocycles. The fraction of sp³-hybridized carbons (Fsp3) is 0.333. The third-order valence-electron chi connectivity index (χ3n) is 2.81. The fourth-order valence-corrected chi connectivity index (χ4v) is 2.70. The molecule has 0 spiro atoms. The van der Waals surface area contributed by atoms with Crippen molar-refractivity contribution < 1.29 is 9.53 Å². The smallest absolute Gasteiger partial charge is 0.258 e. The molecule has 0 radical (unpaired) electrons.